The molecule has 1 aromatic rings. The van der Waals surface area contributed by atoms with Gasteiger partial charge in [-0.15, -0.1) is 0 Å². The summed E-state index contributed by atoms with van der Waals surface area (Å²) in [5.41, 5.74) is 4.19. The zero-order valence-corrected chi connectivity index (χ0v) is 9.95. The van der Waals surface area contributed by atoms with Crippen molar-refractivity contribution in [1.82, 2.24) is 5.01 Å². The van der Waals surface area contributed by atoms with Crippen LogP contribution in [0.1, 0.15) is 16.7 Å². The maximum atomic E-state index is 5.64. The van der Waals surface area contributed by atoms with E-state index in [1.165, 1.54) is 16.7 Å². The maximum Gasteiger partial charge on any atom is 0.0657 e. The van der Waals surface area contributed by atoms with Crippen molar-refractivity contribution in [1.29, 1.82) is 0 Å². The third-order valence-electron chi connectivity index (χ3n) is 3.33. The zero-order chi connectivity index (χ0) is 11.5. The minimum Gasteiger partial charge on any atom is -0.269 e. The van der Waals surface area contributed by atoms with Crippen molar-refractivity contribution in [2.75, 3.05) is 13.1 Å². The van der Waals surface area contributed by atoms with Gasteiger partial charge in [-0.05, 0) is 42.4 Å². The number of aryl methyl sites for hydroxylation is 2. The van der Waals surface area contributed by atoms with E-state index in [2.05, 4.69) is 25.1 Å². The Labute approximate surface area is 99.2 Å². The third kappa shape index (κ3) is 2.66. The van der Waals surface area contributed by atoms with Crippen LogP contribution in [0.25, 0.3) is 0 Å². The average molecular weight is 214 g/mol. The van der Waals surface area contributed by atoms with Crippen molar-refractivity contribution < 1.29 is 0 Å². The van der Waals surface area contributed by atoms with Crippen molar-refractivity contribution in [3.05, 3.63) is 34.9 Å². The van der Waals surface area contributed by atoms with Gasteiger partial charge in [0, 0.05) is 13.1 Å². The summed E-state index contributed by atoms with van der Waals surface area (Å²) >= 11 is 0. The molecule has 0 aromatic heterocycles. The molecule has 0 amide bonds. The van der Waals surface area contributed by atoms with E-state index in [-0.39, 0.29) is 0 Å². The Kier molecular flexibility index (Phi) is 3.67. The van der Waals surface area contributed by atoms with E-state index in [1.807, 2.05) is 5.01 Å². The first-order valence-corrected chi connectivity index (χ1v) is 5.97. The first-order valence-electron chi connectivity index (χ1n) is 5.97. The maximum absolute atomic E-state index is 5.64. The van der Waals surface area contributed by atoms with Crippen molar-refractivity contribution in [2.45, 2.75) is 26.1 Å². The lowest BCUT2D eigenvalue weighted by Gasteiger charge is -2.35. The molecule has 3 heteroatoms. The van der Waals surface area contributed by atoms with Gasteiger partial charge in [0.2, 0.25) is 0 Å². The van der Waals surface area contributed by atoms with Crippen LogP contribution in [0.3, 0.4) is 0 Å². The highest BCUT2D eigenvalue weighted by Gasteiger charge is 2.24. The van der Waals surface area contributed by atoms with Gasteiger partial charge in [-0.3, -0.25) is 5.84 Å². The second kappa shape index (κ2) is 5.02. The third-order valence-corrected chi connectivity index (χ3v) is 3.33. The molecule has 2 N–H and O–H groups in total. The molecule has 2 radical (unpaired) electrons. The van der Waals surface area contributed by atoms with Crippen LogP contribution in [0, 0.1) is 12.8 Å². The molecule has 0 bridgehead atoms. The van der Waals surface area contributed by atoms with E-state index < -0.39 is 0 Å². The van der Waals surface area contributed by atoms with Crippen LogP contribution in [0.2, 0.25) is 6.32 Å². The lowest BCUT2D eigenvalue weighted by atomic mass is 9.89. The Morgan fingerprint density at radius 2 is 2.19 bits per heavy atom. The first kappa shape index (κ1) is 11.7. The van der Waals surface area contributed by atoms with Crippen LogP contribution >= 0.6 is 0 Å². The summed E-state index contributed by atoms with van der Waals surface area (Å²) in [7, 11) is 5.56. The molecule has 0 saturated carbocycles. The summed E-state index contributed by atoms with van der Waals surface area (Å²) in [6.07, 6.45) is 2.85. The van der Waals surface area contributed by atoms with E-state index in [1.54, 1.807) is 0 Å². The lowest BCUT2D eigenvalue weighted by Crippen LogP contribution is -2.51. The van der Waals surface area contributed by atoms with Crippen LogP contribution in [0.5, 0.6) is 0 Å². The average Bonchev–Trinajstić information content (AvgIpc) is 2.20. The summed E-state index contributed by atoms with van der Waals surface area (Å²) < 4.78 is 0. The number of benzene rings is 1. The molecule has 1 aliphatic rings. The highest BCUT2D eigenvalue weighted by atomic mass is 15.4. The Hall–Kier alpha value is -0.795. The van der Waals surface area contributed by atoms with Gasteiger partial charge in [0.05, 0.1) is 7.85 Å². The molecular formula is C13H19BN2. The molecule has 2 nitrogen and oxygen atoms in total. The fourth-order valence-electron chi connectivity index (χ4n) is 2.36. The van der Waals surface area contributed by atoms with E-state index in [0.717, 1.165) is 38.2 Å². The van der Waals surface area contributed by atoms with Crippen molar-refractivity contribution in [3.8, 4) is 0 Å². The summed E-state index contributed by atoms with van der Waals surface area (Å²) in [4.78, 5) is 0. The predicted octanol–water partition coefficient (Wildman–Crippen LogP) is 1.47. The van der Waals surface area contributed by atoms with E-state index in [4.69, 9.17) is 13.7 Å². The number of hydrogen-bond acceptors (Lipinski definition) is 2. The Morgan fingerprint density at radius 1 is 1.44 bits per heavy atom. The zero-order valence-electron chi connectivity index (χ0n) is 9.95. The molecule has 1 heterocycles. The molecule has 0 unspecified atom stereocenters. The van der Waals surface area contributed by atoms with E-state index in [9.17, 15) is 0 Å². The number of hydrazine groups is 1. The van der Waals surface area contributed by atoms with Gasteiger partial charge in [-0.25, -0.2) is 5.01 Å². The quantitative estimate of drug-likeness (QED) is 0.607. The monoisotopic (exact) mass is 214 g/mol. The molecule has 1 aromatic carbocycles. The molecular weight excluding hydrogens is 195 g/mol. The van der Waals surface area contributed by atoms with Crippen molar-refractivity contribution in [3.63, 3.8) is 0 Å². The van der Waals surface area contributed by atoms with E-state index >= 15 is 0 Å². The largest absolute Gasteiger partial charge is 0.269 e. The fraction of sp³-hybridized carbons (Fsp3) is 0.538. The highest BCUT2D eigenvalue weighted by molar-refractivity contribution is 6.08. The highest BCUT2D eigenvalue weighted by Crippen LogP contribution is 2.21. The summed E-state index contributed by atoms with van der Waals surface area (Å²) in [5.74, 6) is 6.38. The van der Waals surface area contributed by atoms with Gasteiger partial charge >= 0.3 is 0 Å². The van der Waals surface area contributed by atoms with Gasteiger partial charge in [0.1, 0.15) is 0 Å². The minimum atomic E-state index is 0.726. The van der Waals surface area contributed by atoms with Crippen LogP contribution in [0.15, 0.2) is 18.2 Å². The molecule has 16 heavy (non-hydrogen) atoms. The van der Waals surface area contributed by atoms with Gasteiger partial charge in [0.25, 0.3) is 0 Å². The second-order valence-electron chi connectivity index (χ2n) is 4.82. The van der Waals surface area contributed by atoms with Crippen LogP contribution in [-0.4, -0.2) is 25.9 Å². The normalized spacial score (nSPS) is 17.4. The van der Waals surface area contributed by atoms with E-state index in [0.29, 0.717) is 0 Å². The summed E-state index contributed by atoms with van der Waals surface area (Å²) in [6, 6.07) is 6.72. The molecule has 0 aliphatic carbocycles. The first-order chi connectivity index (χ1) is 7.69. The van der Waals surface area contributed by atoms with Crippen molar-refractivity contribution >= 4 is 7.85 Å². The Bertz CT molecular complexity index is 359. The Balaban J connectivity index is 1.99. The van der Waals surface area contributed by atoms with Crippen molar-refractivity contribution in [2.24, 2.45) is 11.8 Å². The standard InChI is InChI=1S/C13H19BN2/c1-10-6-11(4-5-14)2-3-13(10)7-12-8-16(15)9-12/h2-3,6,12H,4-5,7-9,15H2,1H3. The topological polar surface area (TPSA) is 29.3 Å². The molecule has 84 valence electrons. The molecule has 1 saturated heterocycles. The van der Waals surface area contributed by atoms with Gasteiger partial charge in [-0.2, -0.15) is 0 Å². The minimum absolute atomic E-state index is 0.726. The number of nitrogens with zero attached hydrogens (tertiary/aromatic N) is 1. The number of hydrogen-bond donors (Lipinski definition) is 1. The van der Waals surface area contributed by atoms with Gasteiger partial charge in [-0.1, -0.05) is 24.5 Å². The molecule has 2 rings (SSSR count). The summed E-state index contributed by atoms with van der Waals surface area (Å²) in [5, 5.41) is 1.88. The van der Waals surface area contributed by atoms with Crippen LogP contribution < -0.4 is 5.84 Å². The smallest absolute Gasteiger partial charge is 0.0657 e. The number of rotatable bonds is 4. The molecule has 0 atom stereocenters. The van der Waals surface area contributed by atoms with Crippen LogP contribution in [0.4, 0.5) is 0 Å². The summed E-state index contributed by atoms with van der Waals surface area (Å²) in [6.45, 7) is 4.25. The predicted molar refractivity (Wildman–Crippen MR) is 68.4 cm³/mol. The number of nitrogens with two attached hydrogens (primary N) is 1. The molecule has 0 spiro atoms. The van der Waals surface area contributed by atoms with Gasteiger partial charge < -0.3 is 0 Å². The second-order valence-corrected chi connectivity index (χ2v) is 4.82. The molecule has 1 aliphatic heterocycles. The molecule has 1 fully saturated rings. The van der Waals surface area contributed by atoms with Crippen LogP contribution in [-0.2, 0) is 12.8 Å². The SMILES string of the molecule is [B]CCc1ccc(CC2CN(N)C2)c(C)c1. The fourth-order valence-corrected chi connectivity index (χ4v) is 2.36. The van der Waals surface area contributed by atoms with Gasteiger partial charge in [0.15, 0.2) is 0 Å². The lowest BCUT2D eigenvalue weighted by molar-refractivity contribution is 0.102. The Morgan fingerprint density at radius 3 is 2.75 bits per heavy atom.